The van der Waals surface area contributed by atoms with E-state index in [1.54, 1.807) is 0 Å². The van der Waals surface area contributed by atoms with Gasteiger partial charge in [-0.3, -0.25) is 0 Å². The van der Waals surface area contributed by atoms with Crippen LogP contribution in [0.5, 0.6) is 0 Å². The summed E-state index contributed by atoms with van der Waals surface area (Å²) in [6.45, 7) is 4.33. The van der Waals surface area contributed by atoms with Gasteiger partial charge in [0.25, 0.3) is 0 Å². The molecule has 3 aromatic carbocycles. The van der Waals surface area contributed by atoms with Gasteiger partial charge in [0.1, 0.15) is 0 Å². The lowest BCUT2D eigenvalue weighted by atomic mass is 9.98. The van der Waals surface area contributed by atoms with Crippen LogP contribution in [0.3, 0.4) is 0 Å². The van der Waals surface area contributed by atoms with Crippen LogP contribution in [0.2, 0.25) is 0 Å². The summed E-state index contributed by atoms with van der Waals surface area (Å²) in [4.78, 5) is 2.59. The maximum absolute atomic E-state index is 2.21. The lowest BCUT2D eigenvalue weighted by Crippen LogP contribution is -1.90. The molecule has 114 valence electrons. The Morgan fingerprint density at radius 2 is 1.13 bits per heavy atom. The minimum absolute atomic E-state index is 1.26. The van der Waals surface area contributed by atoms with Crippen molar-refractivity contribution < 1.29 is 0 Å². The highest BCUT2D eigenvalue weighted by Crippen LogP contribution is 2.36. The van der Waals surface area contributed by atoms with E-state index in [9.17, 15) is 0 Å². The molecule has 23 heavy (non-hydrogen) atoms. The summed E-state index contributed by atoms with van der Waals surface area (Å²) in [5.41, 5.74) is 5.12. The molecule has 0 spiro atoms. The zero-order valence-corrected chi connectivity index (χ0v) is 14.3. The van der Waals surface area contributed by atoms with Gasteiger partial charge in [-0.15, -0.1) is 0 Å². The highest BCUT2D eigenvalue weighted by molar-refractivity contribution is 8.03. The third-order valence-electron chi connectivity index (χ3n) is 3.77. The molecule has 0 fully saturated rings. The zero-order chi connectivity index (χ0) is 16.1. The van der Waals surface area contributed by atoms with E-state index >= 15 is 0 Å². The van der Waals surface area contributed by atoms with Gasteiger partial charge in [-0.25, -0.2) is 0 Å². The third kappa shape index (κ3) is 3.94. The minimum Gasteiger partial charge on any atom is -0.0942 e. The van der Waals surface area contributed by atoms with Gasteiger partial charge < -0.3 is 0 Å². The molecule has 0 nitrogen and oxygen atoms in total. The average Bonchev–Trinajstić information content (AvgIpc) is 2.59. The first-order chi connectivity index (χ1) is 11.2. The molecule has 0 aliphatic heterocycles. The first kappa shape index (κ1) is 15.6. The van der Waals surface area contributed by atoms with Crippen molar-refractivity contribution in [2.75, 3.05) is 0 Å². The van der Waals surface area contributed by atoms with E-state index in [2.05, 4.69) is 98.8 Å². The number of allylic oxidation sites excluding steroid dienone is 1. The van der Waals surface area contributed by atoms with Crippen molar-refractivity contribution in [2.24, 2.45) is 0 Å². The van der Waals surface area contributed by atoms with Crippen molar-refractivity contribution in [3.63, 3.8) is 0 Å². The molecule has 0 aliphatic rings. The van der Waals surface area contributed by atoms with Crippen molar-refractivity contribution in [1.82, 2.24) is 0 Å². The minimum atomic E-state index is 1.26. The first-order valence-corrected chi connectivity index (χ1v) is 8.62. The predicted molar refractivity (Wildman–Crippen MR) is 102 cm³/mol. The molecule has 3 rings (SSSR count). The Morgan fingerprint density at radius 1 is 0.652 bits per heavy atom. The largest absolute Gasteiger partial charge is 0.0942 e. The van der Waals surface area contributed by atoms with Gasteiger partial charge in [0, 0.05) is 4.90 Å². The summed E-state index contributed by atoms with van der Waals surface area (Å²) in [5.74, 6) is 0. The molecule has 0 saturated carbocycles. The molecule has 3 aromatic rings. The number of hydrogen-bond donors (Lipinski definition) is 0. The Bertz CT molecular complexity index is 743. The number of aryl methyl sites for hydroxylation is 1. The number of benzene rings is 3. The number of rotatable bonds is 4. The molecule has 0 N–H and O–H groups in total. The smallest absolute Gasteiger partial charge is 0.0119 e. The molecule has 0 heterocycles. The lowest BCUT2D eigenvalue weighted by Gasteiger charge is -2.13. The standard InChI is InChI=1S/C22H20S/c1-17-13-15-21(16-14-17)23-18(2)22(19-9-5-3-6-10-19)20-11-7-4-8-12-20/h3-16H,1-2H3. The molecular formula is C22H20S. The van der Waals surface area contributed by atoms with Crippen LogP contribution in [0.1, 0.15) is 23.6 Å². The number of thioether (sulfide) groups is 1. The summed E-state index contributed by atoms with van der Waals surface area (Å²) in [7, 11) is 0. The van der Waals surface area contributed by atoms with Crippen LogP contribution in [0.15, 0.2) is 94.7 Å². The van der Waals surface area contributed by atoms with E-state index in [0.29, 0.717) is 0 Å². The fourth-order valence-corrected chi connectivity index (χ4v) is 3.58. The van der Waals surface area contributed by atoms with Crippen molar-refractivity contribution in [1.29, 1.82) is 0 Å². The molecule has 0 atom stereocenters. The Balaban J connectivity index is 2.04. The summed E-state index contributed by atoms with van der Waals surface area (Å²) in [5, 5.41) is 0. The molecular weight excluding hydrogens is 296 g/mol. The SMILES string of the molecule is CC(Sc1ccc(C)cc1)=C(c1ccccc1)c1ccccc1. The molecule has 0 radical (unpaired) electrons. The van der Waals surface area contributed by atoms with E-state index in [1.807, 2.05) is 11.8 Å². The van der Waals surface area contributed by atoms with Crippen LogP contribution in [0, 0.1) is 6.92 Å². The van der Waals surface area contributed by atoms with Gasteiger partial charge >= 0.3 is 0 Å². The molecule has 0 aliphatic carbocycles. The van der Waals surface area contributed by atoms with E-state index < -0.39 is 0 Å². The molecule has 0 aromatic heterocycles. The molecule has 0 saturated heterocycles. The highest BCUT2D eigenvalue weighted by Gasteiger charge is 2.09. The fourth-order valence-electron chi connectivity index (χ4n) is 2.62. The molecule has 0 amide bonds. The first-order valence-electron chi connectivity index (χ1n) is 7.80. The molecule has 1 heteroatoms. The van der Waals surface area contributed by atoms with Gasteiger partial charge in [-0.2, -0.15) is 0 Å². The Kier molecular flexibility index (Phi) is 4.99. The maximum atomic E-state index is 2.21. The quantitative estimate of drug-likeness (QED) is 0.491. The average molecular weight is 316 g/mol. The fraction of sp³-hybridized carbons (Fsp3) is 0.0909. The van der Waals surface area contributed by atoms with E-state index in [0.717, 1.165) is 0 Å². The zero-order valence-electron chi connectivity index (χ0n) is 13.5. The van der Waals surface area contributed by atoms with Gasteiger partial charge in [-0.05, 0) is 47.6 Å². The van der Waals surface area contributed by atoms with Crippen LogP contribution in [0.4, 0.5) is 0 Å². The normalized spacial score (nSPS) is 10.3. The van der Waals surface area contributed by atoms with Crippen LogP contribution >= 0.6 is 11.8 Å². The van der Waals surface area contributed by atoms with Crippen molar-refractivity contribution in [2.45, 2.75) is 18.7 Å². The third-order valence-corrected chi connectivity index (χ3v) is 4.79. The van der Waals surface area contributed by atoms with E-state index in [1.165, 1.54) is 32.1 Å². The lowest BCUT2D eigenvalue weighted by molar-refractivity contribution is 1.38. The van der Waals surface area contributed by atoms with Gasteiger partial charge in [-0.1, -0.05) is 90.1 Å². The summed E-state index contributed by atoms with van der Waals surface area (Å²) in [6, 6.07) is 30.0. The predicted octanol–water partition coefficient (Wildman–Crippen LogP) is 6.57. The summed E-state index contributed by atoms with van der Waals surface area (Å²) < 4.78 is 0. The second kappa shape index (κ2) is 7.34. The van der Waals surface area contributed by atoms with Crippen LogP contribution < -0.4 is 0 Å². The number of hydrogen-bond acceptors (Lipinski definition) is 1. The van der Waals surface area contributed by atoms with Gasteiger partial charge in [0.05, 0.1) is 0 Å². The summed E-state index contributed by atoms with van der Waals surface area (Å²) >= 11 is 1.83. The van der Waals surface area contributed by atoms with Gasteiger partial charge in [0.15, 0.2) is 0 Å². The highest BCUT2D eigenvalue weighted by atomic mass is 32.2. The monoisotopic (exact) mass is 316 g/mol. The topological polar surface area (TPSA) is 0 Å². The van der Waals surface area contributed by atoms with Crippen molar-refractivity contribution in [3.8, 4) is 0 Å². The van der Waals surface area contributed by atoms with Crippen LogP contribution in [-0.2, 0) is 0 Å². The second-order valence-corrected chi connectivity index (χ2v) is 6.87. The Morgan fingerprint density at radius 3 is 1.61 bits per heavy atom. The molecule has 0 unspecified atom stereocenters. The van der Waals surface area contributed by atoms with Crippen LogP contribution in [-0.4, -0.2) is 0 Å². The Labute approximate surface area is 142 Å². The maximum Gasteiger partial charge on any atom is 0.0119 e. The van der Waals surface area contributed by atoms with Gasteiger partial charge in [0.2, 0.25) is 0 Å². The van der Waals surface area contributed by atoms with Crippen molar-refractivity contribution >= 4 is 17.3 Å². The van der Waals surface area contributed by atoms with E-state index in [-0.39, 0.29) is 0 Å². The second-order valence-electron chi connectivity index (χ2n) is 5.58. The van der Waals surface area contributed by atoms with Crippen LogP contribution in [0.25, 0.3) is 5.57 Å². The summed E-state index contributed by atoms with van der Waals surface area (Å²) in [6.07, 6.45) is 0. The molecule has 0 bridgehead atoms. The van der Waals surface area contributed by atoms with Crippen molar-refractivity contribution in [3.05, 3.63) is 107 Å². The Hall–Kier alpha value is -2.25. The van der Waals surface area contributed by atoms with E-state index in [4.69, 9.17) is 0 Å².